The Balaban J connectivity index is 2.14. The predicted molar refractivity (Wildman–Crippen MR) is 92.5 cm³/mol. The highest BCUT2D eigenvalue weighted by atomic mass is 79.9. The third kappa shape index (κ3) is 4.06. The molecule has 0 saturated carbocycles. The Hall–Kier alpha value is -0.380. The highest BCUT2D eigenvalue weighted by Gasteiger charge is 2.19. The van der Waals surface area contributed by atoms with E-state index < -0.39 is 0 Å². The van der Waals surface area contributed by atoms with Crippen LogP contribution in [0.25, 0.3) is 0 Å². The first kappa shape index (κ1) is 16.0. The van der Waals surface area contributed by atoms with E-state index in [0.717, 1.165) is 16.8 Å². The fraction of sp³-hybridized carbons (Fsp3) is 0.438. The fourth-order valence-corrected chi connectivity index (χ4v) is 3.79. The van der Waals surface area contributed by atoms with Crippen LogP contribution in [-0.4, -0.2) is 10.3 Å². The molecule has 2 aromatic rings. The van der Waals surface area contributed by atoms with Crippen LogP contribution in [0.1, 0.15) is 43.0 Å². The summed E-state index contributed by atoms with van der Waals surface area (Å²) in [5.41, 5.74) is 2.61. The number of alkyl halides is 1. The van der Waals surface area contributed by atoms with Crippen molar-refractivity contribution in [3.05, 3.63) is 50.9 Å². The zero-order chi connectivity index (χ0) is 14.8. The van der Waals surface area contributed by atoms with Crippen LogP contribution in [0.3, 0.4) is 0 Å². The number of hydrogen-bond donors (Lipinski definition) is 0. The molecule has 4 heteroatoms. The molecule has 20 heavy (non-hydrogen) atoms. The third-order valence-corrected chi connectivity index (χ3v) is 5.17. The number of benzene rings is 1. The van der Waals surface area contributed by atoms with E-state index in [9.17, 15) is 0 Å². The summed E-state index contributed by atoms with van der Waals surface area (Å²) >= 11 is 11.3. The molecule has 0 aliphatic heterocycles. The second kappa shape index (κ2) is 6.59. The van der Waals surface area contributed by atoms with Crippen molar-refractivity contribution in [1.29, 1.82) is 0 Å². The number of rotatable bonds is 4. The van der Waals surface area contributed by atoms with Crippen LogP contribution in [0.5, 0.6) is 0 Å². The van der Waals surface area contributed by atoms with Crippen molar-refractivity contribution < 1.29 is 0 Å². The van der Waals surface area contributed by atoms with Crippen molar-refractivity contribution in [1.82, 2.24) is 4.98 Å². The molecule has 1 nitrogen and oxygen atoms in total. The molecule has 2 rings (SSSR count). The molecular weight excluding hydrogens is 354 g/mol. The minimum atomic E-state index is 0.124. The van der Waals surface area contributed by atoms with Gasteiger partial charge in [0.2, 0.25) is 0 Å². The Morgan fingerprint density at radius 2 is 1.90 bits per heavy atom. The van der Waals surface area contributed by atoms with Gasteiger partial charge in [0.15, 0.2) is 0 Å². The van der Waals surface area contributed by atoms with Gasteiger partial charge >= 0.3 is 0 Å². The van der Waals surface area contributed by atoms with Gasteiger partial charge in [0, 0.05) is 27.6 Å². The molecule has 0 aliphatic carbocycles. The lowest BCUT2D eigenvalue weighted by Crippen LogP contribution is -2.12. The predicted octanol–water partition coefficient (Wildman–Crippen LogP) is 5.82. The highest BCUT2D eigenvalue weighted by molar-refractivity contribution is 9.09. The molecule has 1 unspecified atom stereocenters. The lowest BCUT2D eigenvalue weighted by Gasteiger charge is -2.15. The van der Waals surface area contributed by atoms with Crippen LogP contribution in [-0.2, 0) is 11.8 Å². The molecule has 0 radical (unpaired) electrons. The van der Waals surface area contributed by atoms with Crippen molar-refractivity contribution in [3.63, 3.8) is 0 Å². The third-order valence-electron chi connectivity index (χ3n) is 3.27. The number of aromatic nitrogens is 1. The number of nitrogens with zero attached hydrogens (tertiary/aromatic N) is 1. The number of thiazole rings is 1. The minimum Gasteiger partial charge on any atom is -0.246 e. The molecule has 0 amide bonds. The topological polar surface area (TPSA) is 12.9 Å². The fourth-order valence-electron chi connectivity index (χ4n) is 1.96. The van der Waals surface area contributed by atoms with E-state index in [-0.39, 0.29) is 5.41 Å². The van der Waals surface area contributed by atoms with Crippen LogP contribution in [0, 0.1) is 0 Å². The maximum Gasteiger partial charge on any atom is 0.0934 e. The monoisotopic (exact) mass is 371 g/mol. The summed E-state index contributed by atoms with van der Waals surface area (Å²) in [6.45, 7) is 6.60. The van der Waals surface area contributed by atoms with Gasteiger partial charge < -0.3 is 0 Å². The van der Waals surface area contributed by atoms with E-state index in [1.165, 1.54) is 16.3 Å². The minimum absolute atomic E-state index is 0.124. The Labute approximate surface area is 138 Å². The van der Waals surface area contributed by atoms with Gasteiger partial charge in [0.25, 0.3) is 0 Å². The zero-order valence-corrected chi connectivity index (χ0v) is 15.1. The second-order valence-corrected chi connectivity index (χ2v) is 8.01. The van der Waals surface area contributed by atoms with Crippen LogP contribution in [0.4, 0.5) is 0 Å². The summed E-state index contributed by atoms with van der Waals surface area (Å²) in [6.07, 6.45) is 0.966. The lowest BCUT2D eigenvalue weighted by molar-refractivity contribution is 0.569. The van der Waals surface area contributed by atoms with Crippen molar-refractivity contribution in [2.24, 2.45) is 0 Å². The van der Waals surface area contributed by atoms with Gasteiger partial charge in [0.05, 0.1) is 10.7 Å². The first-order valence-corrected chi connectivity index (χ1v) is 9.04. The van der Waals surface area contributed by atoms with Crippen LogP contribution >= 0.6 is 38.9 Å². The molecule has 1 aromatic carbocycles. The molecule has 108 valence electrons. The van der Waals surface area contributed by atoms with Gasteiger partial charge in [0.1, 0.15) is 0 Å². The van der Waals surface area contributed by atoms with E-state index in [0.29, 0.717) is 5.92 Å². The average molecular weight is 373 g/mol. The quantitative estimate of drug-likeness (QED) is 0.617. The Bertz CT molecular complexity index is 557. The van der Waals surface area contributed by atoms with Gasteiger partial charge in [-0.3, -0.25) is 0 Å². The van der Waals surface area contributed by atoms with E-state index >= 15 is 0 Å². The maximum absolute atomic E-state index is 5.95. The SMILES string of the molecule is CC(C)(C)c1csc(CC(CBr)c2ccc(Cl)cc2)n1. The molecule has 1 heterocycles. The number of hydrogen-bond acceptors (Lipinski definition) is 2. The standard InChI is InChI=1S/C16H19BrClNS/c1-16(2,3)14-10-20-15(19-14)8-12(9-17)11-4-6-13(18)7-5-11/h4-7,10,12H,8-9H2,1-3H3. The van der Waals surface area contributed by atoms with E-state index in [1.54, 1.807) is 11.3 Å². The number of halogens is 2. The molecular formula is C16H19BrClNS. The first-order valence-electron chi connectivity index (χ1n) is 6.66. The highest BCUT2D eigenvalue weighted by Crippen LogP contribution is 2.29. The lowest BCUT2D eigenvalue weighted by atomic mass is 9.93. The van der Waals surface area contributed by atoms with E-state index in [1.807, 2.05) is 12.1 Å². The molecule has 0 fully saturated rings. The average Bonchev–Trinajstić information content (AvgIpc) is 2.85. The van der Waals surface area contributed by atoms with Gasteiger partial charge in [-0.2, -0.15) is 0 Å². The molecule has 0 spiro atoms. The molecule has 1 aromatic heterocycles. The van der Waals surface area contributed by atoms with Gasteiger partial charge in [-0.1, -0.05) is 60.4 Å². The summed E-state index contributed by atoms with van der Waals surface area (Å²) in [4.78, 5) is 4.78. The van der Waals surface area contributed by atoms with Crippen LogP contribution < -0.4 is 0 Å². The normalized spacial score (nSPS) is 13.4. The van der Waals surface area contributed by atoms with Crippen molar-refractivity contribution >= 4 is 38.9 Å². The van der Waals surface area contributed by atoms with Crippen molar-refractivity contribution in [3.8, 4) is 0 Å². The summed E-state index contributed by atoms with van der Waals surface area (Å²) in [6, 6.07) is 8.11. The van der Waals surface area contributed by atoms with Crippen LogP contribution in [0.15, 0.2) is 29.6 Å². The van der Waals surface area contributed by atoms with E-state index in [4.69, 9.17) is 16.6 Å². The van der Waals surface area contributed by atoms with Gasteiger partial charge in [-0.25, -0.2) is 4.98 Å². The zero-order valence-electron chi connectivity index (χ0n) is 12.0. The van der Waals surface area contributed by atoms with Crippen molar-refractivity contribution in [2.75, 3.05) is 5.33 Å². The molecule has 0 aliphatic rings. The summed E-state index contributed by atoms with van der Waals surface area (Å²) < 4.78 is 0. The molecule has 0 bridgehead atoms. The van der Waals surface area contributed by atoms with Crippen molar-refractivity contribution in [2.45, 2.75) is 38.5 Å². The molecule has 0 saturated heterocycles. The first-order chi connectivity index (χ1) is 9.40. The summed E-state index contributed by atoms with van der Waals surface area (Å²) in [5, 5.41) is 5.10. The maximum atomic E-state index is 5.95. The largest absolute Gasteiger partial charge is 0.246 e. The van der Waals surface area contributed by atoms with Crippen LogP contribution in [0.2, 0.25) is 5.02 Å². The smallest absolute Gasteiger partial charge is 0.0934 e. The Morgan fingerprint density at radius 3 is 2.40 bits per heavy atom. The summed E-state index contributed by atoms with van der Waals surface area (Å²) in [7, 11) is 0. The summed E-state index contributed by atoms with van der Waals surface area (Å²) in [5.74, 6) is 0.436. The molecule has 0 N–H and O–H groups in total. The Kier molecular flexibility index (Phi) is 5.27. The van der Waals surface area contributed by atoms with Gasteiger partial charge in [-0.15, -0.1) is 11.3 Å². The van der Waals surface area contributed by atoms with E-state index in [2.05, 4.69) is 54.2 Å². The Morgan fingerprint density at radius 1 is 1.25 bits per heavy atom. The second-order valence-electron chi connectivity index (χ2n) is 5.98. The molecule has 1 atom stereocenters. The van der Waals surface area contributed by atoms with Gasteiger partial charge in [-0.05, 0) is 23.6 Å².